The highest BCUT2D eigenvalue weighted by Gasteiger charge is 2.52. The van der Waals surface area contributed by atoms with E-state index in [1.54, 1.807) is 0 Å². The molecule has 0 aromatic carbocycles. The van der Waals surface area contributed by atoms with Gasteiger partial charge in [-0.05, 0) is 0 Å². The molecule has 18 heavy (non-hydrogen) atoms. The molecule has 2 aliphatic heterocycles. The summed E-state index contributed by atoms with van der Waals surface area (Å²) in [7, 11) is -3.59. The fourth-order valence-electron chi connectivity index (χ4n) is 1.96. The molecule has 0 bridgehead atoms. The second-order valence-corrected chi connectivity index (χ2v) is 6.47. The lowest BCUT2D eigenvalue weighted by molar-refractivity contribution is -0.0642. The topological polar surface area (TPSA) is 122 Å². The van der Waals surface area contributed by atoms with Gasteiger partial charge in [-0.15, -0.1) is 5.10 Å². The molecule has 11 heteroatoms. The Bertz CT molecular complexity index is 512. The van der Waals surface area contributed by atoms with Crippen molar-refractivity contribution in [1.82, 2.24) is 14.8 Å². The van der Waals surface area contributed by atoms with Crippen LogP contribution in [0.25, 0.3) is 0 Å². The van der Waals surface area contributed by atoms with E-state index in [0.29, 0.717) is 3.83 Å². The van der Waals surface area contributed by atoms with E-state index in [1.165, 1.54) is 11.0 Å². The van der Waals surface area contributed by atoms with Crippen molar-refractivity contribution < 1.29 is 23.5 Å². The molecule has 0 amide bonds. The first kappa shape index (κ1) is 12.9. The Morgan fingerprint density at radius 3 is 3.11 bits per heavy atom. The van der Waals surface area contributed by atoms with Crippen molar-refractivity contribution in [2.75, 3.05) is 6.61 Å². The third-order valence-corrected chi connectivity index (χ3v) is 4.28. The Labute approximate surface area is 115 Å². The first-order valence-electron chi connectivity index (χ1n) is 5.08. The van der Waals surface area contributed by atoms with E-state index in [4.69, 9.17) is 19.3 Å². The molecule has 3 heterocycles. The van der Waals surface area contributed by atoms with E-state index in [9.17, 15) is 9.67 Å². The summed E-state index contributed by atoms with van der Waals surface area (Å²) in [4.78, 5) is 3.94. The van der Waals surface area contributed by atoms with E-state index < -0.39 is 32.3 Å². The van der Waals surface area contributed by atoms with Crippen LogP contribution < -0.4 is 5.50 Å². The Hall–Kier alpha value is -0.100. The van der Waals surface area contributed by atoms with E-state index >= 15 is 0 Å². The predicted octanol–water partition coefficient (Wildman–Crippen LogP) is -0.377. The molecule has 0 radical (unpaired) electrons. The van der Waals surface area contributed by atoms with Crippen molar-refractivity contribution in [3.63, 3.8) is 0 Å². The van der Waals surface area contributed by atoms with Gasteiger partial charge in [0.1, 0.15) is 24.6 Å². The van der Waals surface area contributed by atoms with Crippen molar-refractivity contribution in [3.8, 4) is 0 Å². The Morgan fingerprint density at radius 2 is 2.44 bits per heavy atom. The number of nitrogens with two attached hydrogens (primary N) is 1. The number of halogens is 1. The van der Waals surface area contributed by atoms with Crippen molar-refractivity contribution in [3.05, 3.63) is 10.2 Å². The van der Waals surface area contributed by atoms with Crippen LogP contribution in [0, 0.1) is 3.83 Å². The Kier molecular flexibility index (Phi) is 3.21. The van der Waals surface area contributed by atoms with Crippen LogP contribution in [0.1, 0.15) is 6.23 Å². The summed E-state index contributed by atoms with van der Waals surface area (Å²) in [6, 6.07) is 0. The van der Waals surface area contributed by atoms with Crippen LogP contribution in [0.4, 0.5) is 0 Å². The van der Waals surface area contributed by atoms with Crippen LogP contribution in [0.5, 0.6) is 0 Å². The van der Waals surface area contributed by atoms with Crippen molar-refractivity contribution >= 4 is 30.3 Å². The average molecular weight is 388 g/mol. The number of aromatic nitrogens is 3. The quantitative estimate of drug-likeness (QED) is 0.494. The molecule has 100 valence electrons. The van der Waals surface area contributed by atoms with Gasteiger partial charge in [-0.3, -0.25) is 9.05 Å². The number of rotatable bonds is 1. The summed E-state index contributed by atoms with van der Waals surface area (Å²) in [5.74, 6) is 0. The van der Waals surface area contributed by atoms with Crippen LogP contribution in [0.2, 0.25) is 0 Å². The van der Waals surface area contributed by atoms with Gasteiger partial charge in [-0.25, -0.2) is 19.7 Å². The summed E-state index contributed by atoms with van der Waals surface area (Å²) in [5.41, 5.74) is 5.29. The Balaban J connectivity index is 1.83. The number of aliphatic hydroxyl groups excluding tert-OH is 1. The van der Waals surface area contributed by atoms with Crippen molar-refractivity contribution in [2.24, 2.45) is 5.50 Å². The maximum absolute atomic E-state index is 11.5. The summed E-state index contributed by atoms with van der Waals surface area (Å²) in [6.45, 7) is 0.0117. The minimum atomic E-state index is -3.59. The zero-order chi connectivity index (χ0) is 12.9. The zero-order valence-electron chi connectivity index (χ0n) is 8.92. The monoisotopic (exact) mass is 388 g/mol. The second-order valence-electron chi connectivity index (χ2n) is 3.95. The molecule has 1 aromatic rings. The average Bonchev–Trinajstić information content (AvgIpc) is 2.84. The lowest BCUT2D eigenvalue weighted by Gasteiger charge is -2.28. The molecule has 2 aliphatic rings. The van der Waals surface area contributed by atoms with E-state index in [1.807, 2.05) is 22.6 Å². The van der Waals surface area contributed by atoms with E-state index in [2.05, 4.69) is 10.1 Å². The minimum Gasteiger partial charge on any atom is -0.385 e. The third kappa shape index (κ3) is 2.22. The standard InChI is InChI=1S/C7H10IN4O5P/c8-7-10-2-12(11-7)6-4(13)5-3(16-6)1-15-18(9,14)17-5/h2-6,13H,1H2,(H2,9,14)/t3-,4-,5-,6-,18?/m1/s1. The summed E-state index contributed by atoms with van der Waals surface area (Å²) in [6.07, 6.45) is -1.67. The number of ether oxygens (including phenoxy) is 1. The van der Waals surface area contributed by atoms with Gasteiger partial charge in [0.15, 0.2) is 6.23 Å². The van der Waals surface area contributed by atoms with Gasteiger partial charge < -0.3 is 9.84 Å². The fraction of sp³-hybridized carbons (Fsp3) is 0.714. The molecular formula is C7H10IN4O5P. The summed E-state index contributed by atoms with van der Waals surface area (Å²) >= 11 is 1.94. The van der Waals surface area contributed by atoms with Crippen molar-refractivity contribution in [2.45, 2.75) is 24.5 Å². The highest BCUT2D eigenvalue weighted by Crippen LogP contribution is 2.49. The molecule has 5 atom stereocenters. The fourth-order valence-corrected chi connectivity index (χ4v) is 3.35. The molecule has 0 spiro atoms. The largest absolute Gasteiger partial charge is 0.403 e. The van der Waals surface area contributed by atoms with E-state index in [-0.39, 0.29) is 6.61 Å². The van der Waals surface area contributed by atoms with Gasteiger partial charge in [0.25, 0.3) is 0 Å². The first-order chi connectivity index (χ1) is 8.46. The molecule has 1 unspecified atom stereocenters. The molecule has 0 saturated carbocycles. The van der Waals surface area contributed by atoms with Gasteiger partial charge in [0, 0.05) is 22.6 Å². The lowest BCUT2D eigenvalue weighted by Crippen LogP contribution is -2.40. The molecule has 2 fully saturated rings. The molecule has 3 rings (SSSR count). The van der Waals surface area contributed by atoms with Gasteiger partial charge in [-0.2, -0.15) is 0 Å². The third-order valence-electron chi connectivity index (χ3n) is 2.74. The highest BCUT2D eigenvalue weighted by molar-refractivity contribution is 14.1. The molecule has 3 N–H and O–H groups in total. The lowest BCUT2D eigenvalue weighted by atomic mass is 10.1. The van der Waals surface area contributed by atoms with Crippen LogP contribution in [0.3, 0.4) is 0 Å². The maximum Gasteiger partial charge on any atom is 0.403 e. The SMILES string of the molecule is NP1(=O)OC[C@H]2O[C@@H](n3cnc(I)n3)[C@H](O)[C@@H]2O1. The number of hydrogen-bond acceptors (Lipinski definition) is 7. The number of aliphatic hydroxyl groups is 1. The molecule has 1 aromatic heterocycles. The van der Waals surface area contributed by atoms with Gasteiger partial charge in [-0.1, -0.05) is 0 Å². The molecule has 0 aliphatic carbocycles. The van der Waals surface area contributed by atoms with Gasteiger partial charge in [0.05, 0.1) is 6.61 Å². The molecule has 9 nitrogen and oxygen atoms in total. The highest BCUT2D eigenvalue weighted by atomic mass is 127. The zero-order valence-corrected chi connectivity index (χ0v) is 12.0. The molecule has 2 saturated heterocycles. The smallest absolute Gasteiger partial charge is 0.385 e. The predicted molar refractivity (Wildman–Crippen MR) is 65.3 cm³/mol. The van der Waals surface area contributed by atoms with E-state index in [0.717, 1.165) is 0 Å². The van der Waals surface area contributed by atoms with Crippen molar-refractivity contribution in [1.29, 1.82) is 0 Å². The van der Waals surface area contributed by atoms with Crippen LogP contribution >= 0.6 is 30.3 Å². The van der Waals surface area contributed by atoms with Gasteiger partial charge in [0.2, 0.25) is 3.83 Å². The van der Waals surface area contributed by atoms with Crippen LogP contribution in [0.15, 0.2) is 6.33 Å². The minimum absolute atomic E-state index is 0.0117. The Morgan fingerprint density at radius 1 is 1.67 bits per heavy atom. The number of hydrogen-bond donors (Lipinski definition) is 2. The summed E-state index contributed by atoms with van der Waals surface area (Å²) < 4.78 is 28.8. The summed E-state index contributed by atoms with van der Waals surface area (Å²) in [5, 5.41) is 14.2. The van der Waals surface area contributed by atoms with Gasteiger partial charge >= 0.3 is 7.75 Å². The second kappa shape index (κ2) is 4.47. The number of nitrogens with zero attached hydrogens (tertiary/aromatic N) is 3. The van der Waals surface area contributed by atoms with Crippen LogP contribution in [-0.4, -0.2) is 44.8 Å². The normalized spacial score (nSPS) is 43.9. The molecular weight excluding hydrogens is 378 g/mol. The number of fused-ring (bicyclic) bond motifs is 1. The van der Waals surface area contributed by atoms with Crippen LogP contribution in [-0.2, 0) is 18.3 Å². The maximum atomic E-state index is 11.5. The first-order valence-corrected chi connectivity index (χ1v) is 7.77.